The van der Waals surface area contributed by atoms with Gasteiger partial charge in [0.1, 0.15) is 6.29 Å². The summed E-state index contributed by atoms with van der Waals surface area (Å²) in [5, 5.41) is 0. The Hall–Kier alpha value is -0.890. The summed E-state index contributed by atoms with van der Waals surface area (Å²) in [7, 11) is 0. The van der Waals surface area contributed by atoms with Crippen molar-refractivity contribution in [3.63, 3.8) is 0 Å². The van der Waals surface area contributed by atoms with Crippen molar-refractivity contribution in [3.05, 3.63) is 23.8 Å². The standard InChI is InChI=1S/C7H8O.C2H6.H2O/c8-6-7-4-2-1-3-5-7;1-2;/h1-2,4,6H,3,5H2;1-2H3;1H2. The molecule has 0 atom stereocenters. The summed E-state index contributed by atoms with van der Waals surface area (Å²) < 4.78 is 0. The molecular formula is C9H16O2. The first-order valence-electron chi connectivity index (χ1n) is 3.74. The van der Waals surface area contributed by atoms with E-state index in [1.165, 1.54) is 0 Å². The van der Waals surface area contributed by atoms with E-state index in [0.717, 1.165) is 24.7 Å². The van der Waals surface area contributed by atoms with Gasteiger partial charge >= 0.3 is 0 Å². The smallest absolute Gasteiger partial charge is 0.146 e. The van der Waals surface area contributed by atoms with E-state index >= 15 is 0 Å². The van der Waals surface area contributed by atoms with Crippen LogP contribution in [0, 0.1) is 0 Å². The van der Waals surface area contributed by atoms with Crippen molar-refractivity contribution in [2.45, 2.75) is 26.7 Å². The van der Waals surface area contributed by atoms with E-state index in [4.69, 9.17) is 0 Å². The van der Waals surface area contributed by atoms with Gasteiger partial charge in [-0.2, -0.15) is 0 Å². The van der Waals surface area contributed by atoms with Gasteiger partial charge in [0.25, 0.3) is 0 Å². The van der Waals surface area contributed by atoms with Gasteiger partial charge in [-0.15, -0.1) is 0 Å². The van der Waals surface area contributed by atoms with Gasteiger partial charge < -0.3 is 5.48 Å². The predicted octanol–water partition coefficient (Wildman–Crippen LogP) is 1.66. The van der Waals surface area contributed by atoms with Crippen molar-refractivity contribution >= 4 is 6.29 Å². The van der Waals surface area contributed by atoms with Gasteiger partial charge in [-0.1, -0.05) is 32.1 Å². The van der Waals surface area contributed by atoms with Crippen molar-refractivity contribution in [1.29, 1.82) is 0 Å². The number of rotatable bonds is 1. The zero-order valence-corrected chi connectivity index (χ0v) is 7.13. The Morgan fingerprint density at radius 2 is 2.09 bits per heavy atom. The molecule has 0 unspecified atom stereocenters. The minimum Gasteiger partial charge on any atom is -0.412 e. The first-order valence-corrected chi connectivity index (χ1v) is 3.74. The average molecular weight is 156 g/mol. The molecule has 0 heterocycles. The number of carbonyl (C=O) groups excluding carboxylic acids is 1. The molecule has 0 saturated heterocycles. The molecule has 2 nitrogen and oxygen atoms in total. The van der Waals surface area contributed by atoms with E-state index in [1.54, 1.807) is 0 Å². The summed E-state index contributed by atoms with van der Waals surface area (Å²) in [5.41, 5.74) is 0.910. The fourth-order valence-electron chi connectivity index (χ4n) is 0.719. The SMILES string of the molecule is CC.O.O=CC1=CC=CCC1. The Morgan fingerprint density at radius 1 is 1.45 bits per heavy atom. The molecule has 2 N–H and O–H groups in total. The number of hydrogen-bond acceptors (Lipinski definition) is 1. The quantitative estimate of drug-likeness (QED) is 0.532. The van der Waals surface area contributed by atoms with Gasteiger partial charge in [-0.25, -0.2) is 0 Å². The summed E-state index contributed by atoms with van der Waals surface area (Å²) in [5.74, 6) is 0. The molecular weight excluding hydrogens is 140 g/mol. The number of carbonyl (C=O) groups is 1. The third-order valence-electron chi connectivity index (χ3n) is 1.20. The lowest BCUT2D eigenvalue weighted by Gasteiger charge is -1.97. The van der Waals surface area contributed by atoms with Crippen LogP contribution in [0.25, 0.3) is 0 Å². The van der Waals surface area contributed by atoms with Crippen LogP contribution in [0.3, 0.4) is 0 Å². The maximum absolute atomic E-state index is 10.1. The summed E-state index contributed by atoms with van der Waals surface area (Å²) in [4.78, 5) is 10.1. The fourth-order valence-corrected chi connectivity index (χ4v) is 0.719. The lowest BCUT2D eigenvalue weighted by atomic mass is 10.1. The highest BCUT2D eigenvalue weighted by Gasteiger charge is 1.94. The van der Waals surface area contributed by atoms with E-state index < -0.39 is 0 Å². The molecule has 0 aromatic carbocycles. The van der Waals surface area contributed by atoms with Crippen molar-refractivity contribution < 1.29 is 10.3 Å². The Balaban J connectivity index is 0. The molecule has 0 amide bonds. The molecule has 11 heavy (non-hydrogen) atoms. The molecule has 0 aliphatic heterocycles. The second-order valence-electron chi connectivity index (χ2n) is 1.83. The molecule has 0 spiro atoms. The summed E-state index contributed by atoms with van der Waals surface area (Å²) >= 11 is 0. The highest BCUT2D eigenvalue weighted by atomic mass is 16.1. The highest BCUT2D eigenvalue weighted by molar-refractivity contribution is 5.74. The monoisotopic (exact) mass is 156 g/mol. The zero-order valence-electron chi connectivity index (χ0n) is 7.13. The molecule has 1 aliphatic carbocycles. The number of aldehydes is 1. The van der Waals surface area contributed by atoms with Crippen LogP contribution >= 0.6 is 0 Å². The molecule has 1 rings (SSSR count). The van der Waals surface area contributed by atoms with E-state index in [1.807, 2.05) is 26.0 Å². The molecule has 0 bridgehead atoms. The van der Waals surface area contributed by atoms with Crippen molar-refractivity contribution in [2.75, 3.05) is 0 Å². The number of allylic oxidation sites excluding steroid dienone is 4. The zero-order chi connectivity index (χ0) is 7.82. The third-order valence-corrected chi connectivity index (χ3v) is 1.20. The van der Waals surface area contributed by atoms with Crippen LogP contribution in [0.15, 0.2) is 23.8 Å². The summed E-state index contributed by atoms with van der Waals surface area (Å²) in [6, 6.07) is 0. The van der Waals surface area contributed by atoms with Gasteiger partial charge in [0.15, 0.2) is 0 Å². The van der Waals surface area contributed by atoms with Crippen LogP contribution in [0.5, 0.6) is 0 Å². The average Bonchev–Trinajstić information content (AvgIpc) is 2.10. The van der Waals surface area contributed by atoms with Crippen LogP contribution in [0.4, 0.5) is 0 Å². The Morgan fingerprint density at radius 3 is 2.36 bits per heavy atom. The highest BCUT2D eigenvalue weighted by Crippen LogP contribution is 2.07. The normalized spacial score (nSPS) is 13.5. The van der Waals surface area contributed by atoms with Crippen LogP contribution in [-0.4, -0.2) is 11.8 Å². The van der Waals surface area contributed by atoms with Crippen molar-refractivity contribution in [2.24, 2.45) is 0 Å². The Bertz CT molecular complexity index is 146. The molecule has 0 fully saturated rings. The predicted molar refractivity (Wildman–Crippen MR) is 47.5 cm³/mol. The molecule has 0 aromatic rings. The minimum absolute atomic E-state index is 0. The Kier molecular flexibility index (Phi) is 10.6. The fraction of sp³-hybridized carbons (Fsp3) is 0.444. The van der Waals surface area contributed by atoms with E-state index in [9.17, 15) is 4.79 Å². The molecule has 0 aromatic heterocycles. The molecule has 2 heteroatoms. The van der Waals surface area contributed by atoms with Gasteiger partial charge in [-0.3, -0.25) is 4.79 Å². The van der Waals surface area contributed by atoms with E-state index in [2.05, 4.69) is 6.08 Å². The van der Waals surface area contributed by atoms with Crippen LogP contribution in [0.1, 0.15) is 26.7 Å². The molecule has 0 saturated carbocycles. The first kappa shape index (κ1) is 12.8. The van der Waals surface area contributed by atoms with Crippen molar-refractivity contribution in [1.82, 2.24) is 0 Å². The van der Waals surface area contributed by atoms with Gasteiger partial charge in [0.05, 0.1) is 0 Å². The van der Waals surface area contributed by atoms with Gasteiger partial charge in [0, 0.05) is 0 Å². The topological polar surface area (TPSA) is 48.6 Å². The van der Waals surface area contributed by atoms with E-state index in [0.29, 0.717) is 0 Å². The van der Waals surface area contributed by atoms with Gasteiger partial charge in [-0.05, 0) is 18.4 Å². The van der Waals surface area contributed by atoms with E-state index in [-0.39, 0.29) is 5.48 Å². The third kappa shape index (κ3) is 5.55. The number of hydrogen-bond donors (Lipinski definition) is 0. The Labute approximate surface area is 67.9 Å². The van der Waals surface area contributed by atoms with Gasteiger partial charge in [0.2, 0.25) is 0 Å². The van der Waals surface area contributed by atoms with Crippen LogP contribution in [-0.2, 0) is 4.79 Å². The van der Waals surface area contributed by atoms with Crippen molar-refractivity contribution in [3.8, 4) is 0 Å². The molecule has 0 radical (unpaired) electrons. The lowest BCUT2D eigenvalue weighted by Crippen LogP contribution is -1.86. The second-order valence-corrected chi connectivity index (χ2v) is 1.83. The summed E-state index contributed by atoms with van der Waals surface area (Å²) in [6.07, 6.45) is 8.70. The maximum atomic E-state index is 10.1. The minimum atomic E-state index is 0. The lowest BCUT2D eigenvalue weighted by molar-refractivity contribution is -0.105. The first-order chi connectivity index (χ1) is 4.93. The molecule has 1 aliphatic rings. The largest absolute Gasteiger partial charge is 0.412 e. The maximum Gasteiger partial charge on any atom is 0.146 e. The summed E-state index contributed by atoms with van der Waals surface area (Å²) in [6.45, 7) is 4.00. The van der Waals surface area contributed by atoms with Crippen LogP contribution < -0.4 is 0 Å². The molecule has 64 valence electrons. The second kappa shape index (κ2) is 9.11. The van der Waals surface area contributed by atoms with Crippen LogP contribution in [0.2, 0.25) is 0 Å².